The van der Waals surface area contributed by atoms with Crippen LogP contribution >= 0.6 is 11.3 Å². The van der Waals surface area contributed by atoms with Gasteiger partial charge in [-0.2, -0.15) is 0 Å². The normalized spacial score (nSPS) is 14.8. The molecular formula is C22H25N5OS. The number of nitrogens with two attached hydrogens (primary N) is 1. The van der Waals surface area contributed by atoms with E-state index in [9.17, 15) is 0 Å². The SMILES string of the molecule is NC(=NCc1ccc(COc2ccccc2)cc1)N1CCN(c2nccs2)CC1. The van der Waals surface area contributed by atoms with Crippen LogP contribution in [0, 0.1) is 0 Å². The van der Waals surface area contributed by atoms with E-state index < -0.39 is 0 Å². The molecule has 0 spiro atoms. The predicted octanol–water partition coefficient (Wildman–Crippen LogP) is 3.36. The molecule has 0 radical (unpaired) electrons. The van der Waals surface area contributed by atoms with Gasteiger partial charge in [-0.3, -0.25) is 0 Å². The first-order valence-electron chi connectivity index (χ1n) is 9.73. The first-order valence-corrected chi connectivity index (χ1v) is 10.6. The van der Waals surface area contributed by atoms with Crippen molar-refractivity contribution >= 4 is 22.4 Å². The van der Waals surface area contributed by atoms with E-state index in [0.29, 0.717) is 19.1 Å². The third-order valence-corrected chi connectivity index (χ3v) is 5.72. The largest absolute Gasteiger partial charge is 0.489 e. The van der Waals surface area contributed by atoms with Gasteiger partial charge < -0.3 is 20.3 Å². The summed E-state index contributed by atoms with van der Waals surface area (Å²) < 4.78 is 5.78. The summed E-state index contributed by atoms with van der Waals surface area (Å²) in [5, 5.41) is 3.09. The van der Waals surface area contributed by atoms with E-state index in [0.717, 1.165) is 48.2 Å². The van der Waals surface area contributed by atoms with E-state index in [1.54, 1.807) is 11.3 Å². The molecule has 2 heterocycles. The maximum atomic E-state index is 6.23. The van der Waals surface area contributed by atoms with Gasteiger partial charge in [0.15, 0.2) is 11.1 Å². The van der Waals surface area contributed by atoms with Crippen molar-refractivity contribution in [1.82, 2.24) is 9.88 Å². The minimum atomic E-state index is 0.555. The minimum absolute atomic E-state index is 0.555. The van der Waals surface area contributed by atoms with Crippen LogP contribution in [-0.4, -0.2) is 42.0 Å². The van der Waals surface area contributed by atoms with Crippen molar-refractivity contribution < 1.29 is 4.74 Å². The van der Waals surface area contributed by atoms with E-state index in [1.165, 1.54) is 0 Å². The summed E-state index contributed by atoms with van der Waals surface area (Å²) in [7, 11) is 0. The zero-order valence-electron chi connectivity index (χ0n) is 16.3. The number of aromatic nitrogens is 1. The van der Waals surface area contributed by atoms with Crippen LogP contribution in [0.2, 0.25) is 0 Å². The van der Waals surface area contributed by atoms with E-state index in [-0.39, 0.29) is 0 Å². The van der Waals surface area contributed by atoms with Gasteiger partial charge in [-0.25, -0.2) is 9.98 Å². The number of nitrogens with zero attached hydrogens (tertiary/aromatic N) is 4. The minimum Gasteiger partial charge on any atom is -0.489 e. The van der Waals surface area contributed by atoms with Crippen molar-refractivity contribution in [1.29, 1.82) is 0 Å². The van der Waals surface area contributed by atoms with Crippen LogP contribution in [0.15, 0.2) is 71.2 Å². The average molecular weight is 408 g/mol. The highest BCUT2D eigenvalue weighted by molar-refractivity contribution is 7.13. The van der Waals surface area contributed by atoms with E-state index in [4.69, 9.17) is 10.5 Å². The van der Waals surface area contributed by atoms with Gasteiger partial charge in [-0.15, -0.1) is 11.3 Å². The molecule has 1 fully saturated rings. The summed E-state index contributed by atoms with van der Waals surface area (Å²) in [5.74, 6) is 1.49. The van der Waals surface area contributed by atoms with Crippen LogP contribution in [0.4, 0.5) is 5.13 Å². The van der Waals surface area contributed by atoms with Gasteiger partial charge in [-0.1, -0.05) is 42.5 Å². The lowest BCUT2D eigenvalue weighted by Gasteiger charge is -2.35. The first kappa shape index (κ1) is 19.3. The quantitative estimate of drug-likeness (QED) is 0.501. The molecule has 1 saturated heterocycles. The summed E-state index contributed by atoms with van der Waals surface area (Å²) in [6.07, 6.45) is 1.85. The number of piperazine rings is 1. The summed E-state index contributed by atoms with van der Waals surface area (Å²) in [5.41, 5.74) is 8.50. The zero-order valence-corrected chi connectivity index (χ0v) is 17.1. The van der Waals surface area contributed by atoms with Crippen molar-refractivity contribution in [3.8, 4) is 5.75 Å². The topological polar surface area (TPSA) is 67.0 Å². The highest BCUT2D eigenvalue weighted by Crippen LogP contribution is 2.19. The molecule has 3 aromatic rings. The number of guanidine groups is 1. The van der Waals surface area contributed by atoms with Gasteiger partial charge in [0.2, 0.25) is 0 Å². The van der Waals surface area contributed by atoms with E-state index in [2.05, 4.69) is 44.0 Å². The van der Waals surface area contributed by atoms with Crippen molar-refractivity contribution in [2.24, 2.45) is 10.7 Å². The van der Waals surface area contributed by atoms with E-state index in [1.807, 2.05) is 41.9 Å². The third-order valence-electron chi connectivity index (χ3n) is 4.89. The molecule has 2 aromatic carbocycles. The molecule has 2 N–H and O–H groups in total. The number of aliphatic imine (C=N–C) groups is 1. The molecule has 0 amide bonds. The second-order valence-electron chi connectivity index (χ2n) is 6.88. The van der Waals surface area contributed by atoms with Gasteiger partial charge in [0.25, 0.3) is 0 Å². The number of hydrogen-bond acceptors (Lipinski definition) is 5. The van der Waals surface area contributed by atoms with Crippen LogP contribution in [0.5, 0.6) is 5.75 Å². The molecule has 29 heavy (non-hydrogen) atoms. The van der Waals surface area contributed by atoms with Crippen molar-refractivity contribution in [2.75, 3.05) is 31.1 Å². The summed E-state index contributed by atoms with van der Waals surface area (Å²) in [4.78, 5) is 13.4. The van der Waals surface area contributed by atoms with Gasteiger partial charge in [0.1, 0.15) is 12.4 Å². The smallest absolute Gasteiger partial charge is 0.191 e. The highest BCUT2D eigenvalue weighted by Gasteiger charge is 2.19. The van der Waals surface area contributed by atoms with Gasteiger partial charge in [0.05, 0.1) is 6.54 Å². The summed E-state index contributed by atoms with van der Waals surface area (Å²) in [6, 6.07) is 18.2. The second kappa shape index (κ2) is 9.43. The molecule has 1 aliphatic rings. The molecule has 4 rings (SSSR count). The van der Waals surface area contributed by atoms with Crippen LogP contribution in [0.3, 0.4) is 0 Å². The standard InChI is InChI=1S/C22H25N5OS/c23-21(26-11-13-27(14-12-26)22-24-10-15-29-22)25-16-18-6-8-19(9-7-18)17-28-20-4-2-1-3-5-20/h1-10,15H,11-14,16-17H2,(H2,23,25). The number of benzene rings is 2. The number of ether oxygens (including phenoxy) is 1. The van der Waals surface area contributed by atoms with E-state index >= 15 is 0 Å². The Morgan fingerprint density at radius 3 is 2.41 bits per heavy atom. The number of para-hydroxylation sites is 1. The van der Waals surface area contributed by atoms with Gasteiger partial charge >= 0.3 is 0 Å². The number of rotatable bonds is 6. The molecule has 0 unspecified atom stereocenters. The number of hydrogen-bond donors (Lipinski definition) is 1. The van der Waals surface area contributed by atoms with Crippen LogP contribution in [0.1, 0.15) is 11.1 Å². The third kappa shape index (κ3) is 5.26. The molecule has 1 aromatic heterocycles. The summed E-state index contributed by atoms with van der Waals surface area (Å²) in [6.45, 7) is 4.70. The Morgan fingerprint density at radius 2 is 1.72 bits per heavy atom. The van der Waals surface area contributed by atoms with Crippen LogP contribution in [-0.2, 0) is 13.2 Å². The van der Waals surface area contributed by atoms with Crippen LogP contribution < -0.4 is 15.4 Å². The van der Waals surface area contributed by atoms with Crippen molar-refractivity contribution in [2.45, 2.75) is 13.2 Å². The number of anilines is 1. The Morgan fingerprint density at radius 1 is 1.00 bits per heavy atom. The lowest BCUT2D eigenvalue weighted by Crippen LogP contribution is -2.51. The molecule has 0 bridgehead atoms. The fourth-order valence-corrected chi connectivity index (χ4v) is 3.89. The molecule has 150 valence electrons. The summed E-state index contributed by atoms with van der Waals surface area (Å²) >= 11 is 1.68. The predicted molar refractivity (Wildman–Crippen MR) is 118 cm³/mol. The second-order valence-corrected chi connectivity index (χ2v) is 7.75. The molecule has 0 aliphatic carbocycles. The fraction of sp³-hybridized carbons (Fsp3) is 0.273. The monoisotopic (exact) mass is 407 g/mol. The van der Waals surface area contributed by atoms with Crippen molar-refractivity contribution in [3.63, 3.8) is 0 Å². The molecule has 7 heteroatoms. The lowest BCUT2D eigenvalue weighted by molar-refractivity contribution is 0.306. The average Bonchev–Trinajstić information content (AvgIpc) is 3.33. The molecular weight excluding hydrogens is 382 g/mol. The molecule has 1 aliphatic heterocycles. The molecule has 6 nitrogen and oxygen atoms in total. The number of thiazole rings is 1. The highest BCUT2D eigenvalue weighted by atomic mass is 32.1. The van der Waals surface area contributed by atoms with Gasteiger partial charge in [-0.05, 0) is 23.3 Å². The Labute approximate surface area is 175 Å². The fourth-order valence-electron chi connectivity index (χ4n) is 3.20. The molecule has 0 atom stereocenters. The lowest BCUT2D eigenvalue weighted by atomic mass is 10.1. The van der Waals surface area contributed by atoms with Crippen LogP contribution in [0.25, 0.3) is 0 Å². The maximum absolute atomic E-state index is 6.23. The Hall–Kier alpha value is -3.06. The zero-order chi connectivity index (χ0) is 19.9. The van der Waals surface area contributed by atoms with Crippen molar-refractivity contribution in [3.05, 3.63) is 77.3 Å². The maximum Gasteiger partial charge on any atom is 0.191 e. The Kier molecular flexibility index (Phi) is 6.26. The van der Waals surface area contributed by atoms with Gasteiger partial charge in [0, 0.05) is 37.8 Å². The Bertz CT molecular complexity index is 904. The Balaban J connectivity index is 1.25. The first-order chi connectivity index (χ1) is 14.3. The molecule has 0 saturated carbocycles.